The number of benzene rings is 1. The predicted octanol–water partition coefficient (Wildman–Crippen LogP) is 2.59. The summed E-state index contributed by atoms with van der Waals surface area (Å²) in [6.45, 7) is 2.19. The average molecular weight is 204 g/mol. The molecule has 0 amide bonds. The van der Waals surface area contributed by atoms with E-state index in [1.165, 1.54) is 5.56 Å². The summed E-state index contributed by atoms with van der Waals surface area (Å²) < 4.78 is 5.36. The van der Waals surface area contributed by atoms with Crippen molar-refractivity contribution in [2.24, 2.45) is 0 Å². The Morgan fingerprint density at radius 1 is 1.27 bits per heavy atom. The maximum Gasteiger partial charge on any atom is 0.116 e. The van der Waals surface area contributed by atoms with Gasteiger partial charge in [-0.3, -0.25) is 0 Å². The van der Waals surface area contributed by atoms with E-state index in [0.29, 0.717) is 6.61 Å². The van der Waals surface area contributed by atoms with Crippen LogP contribution in [0.15, 0.2) is 36.6 Å². The number of hydrogen-bond donors (Lipinski definition) is 1. The lowest BCUT2D eigenvalue weighted by molar-refractivity contribution is -0.00470. The smallest absolute Gasteiger partial charge is 0.116 e. The molecule has 1 unspecified atom stereocenters. The van der Waals surface area contributed by atoms with E-state index in [9.17, 15) is 5.11 Å². The fourth-order valence-electron chi connectivity index (χ4n) is 1.72. The Balaban J connectivity index is 2.15. The molecule has 0 saturated heterocycles. The molecular formula is C13H16O2. The van der Waals surface area contributed by atoms with Crippen molar-refractivity contribution in [2.45, 2.75) is 25.4 Å². The highest BCUT2D eigenvalue weighted by molar-refractivity contribution is 5.64. The van der Waals surface area contributed by atoms with E-state index in [1.807, 2.05) is 25.1 Å². The van der Waals surface area contributed by atoms with Gasteiger partial charge in [0.25, 0.3) is 0 Å². The molecule has 0 saturated carbocycles. The topological polar surface area (TPSA) is 29.5 Å². The van der Waals surface area contributed by atoms with Gasteiger partial charge in [0, 0.05) is 0 Å². The van der Waals surface area contributed by atoms with E-state index in [2.05, 4.69) is 12.1 Å². The molecule has 1 N–H and O–H groups in total. The molecule has 0 bridgehead atoms. The number of hydrogen-bond acceptors (Lipinski definition) is 2. The predicted molar refractivity (Wildman–Crippen MR) is 60.2 cm³/mol. The summed E-state index contributed by atoms with van der Waals surface area (Å²) in [6, 6.07) is 10.2. The van der Waals surface area contributed by atoms with Gasteiger partial charge in [0.05, 0.1) is 11.9 Å². The van der Waals surface area contributed by atoms with Crippen molar-refractivity contribution in [1.82, 2.24) is 0 Å². The van der Waals surface area contributed by atoms with Crippen LogP contribution in [0.4, 0.5) is 0 Å². The second kappa shape index (κ2) is 4.07. The standard InChI is InChI=1S/C13H16O2/c1-13(14)8-7-12(9-15-10-13)11-5-3-2-4-6-11/h2-6,9,14H,7-8,10H2,1H3. The van der Waals surface area contributed by atoms with Crippen LogP contribution >= 0.6 is 0 Å². The number of rotatable bonds is 1. The van der Waals surface area contributed by atoms with E-state index in [0.717, 1.165) is 18.4 Å². The van der Waals surface area contributed by atoms with E-state index >= 15 is 0 Å². The molecular weight excluding hydrogens is 188 g/mol. The molecule has 1 aliphatic heterocycles. The van der Waals surface area contributed by atoms with Gasteiger partial charge < -0.3 is 9.84 Å². The lowest BCUT2D eigenvalue weighted by Crippen LogP contribution is -2.28. The SMILES string of the molecule is CC1(O)CCC(c2ccccc2)=COC1. The van der Waals surface area contributed by atoms with Gasteiger partial charge in [-0.1, -0.05) is 30.3 Å². The van der Waals surface area contributed by atoms with Crippen LogP contribution in [0.25, 0.3) is 5.57 Å². The third-order valence-corrected chi connectivity index (χ3v) is 2.70. The fourth-order valence-corrected chi connectivity index (χ4v) is 1.72. The van der Waals surface area contributed by atoms with Crippen LogP contribution in [0.1, 0.15) is 25.3 Å². The second-order valence-electron chi connectivity index (χ2n) is 4.32. The minimum Gasteiger partial charge on any atom is -0.498 e. The first-order valence-corrected chi connectivity index (χ1v) is 5.26. The molecule has 0 radical (unpaired) electrons. The van der Waals surface area contributed by atoms with Gasteiger partial charge in [0.2, 0.25) is 0 Å². The third-order valence-electron chi connectivity index (χ3n) is 2.70. The molecule has 0 fully saturated rings. The third kappa shape index (κ3) is 2.60. The van der Waals surface area contributed by atoms with Gasteiger partial charge in [0.15, 0.2) is 0 Å². The molecule has 2 rings (SSSR count). The first-order chi connectivity index (χ1) is 7.17. The first kappa shape index (κ1) is 10.2. The van der Waals surface area contributed by atoms with Gasteiger partial charge in [-0.15, -0.1) is 0 Å². The summed E-state index contributed by atoms with van der Waals surface area (Å²) in [4.78, 5) is 0. The number of aliphatic hydroxyl groups is 1. The Hall–Kier alpha value is -1.28. The summed E-state index contributed by atoms with van der Waals surface area (Å²) >= 11 is 0. The molecule has 1 heterocycles. The van der Waals surface area contributed by atoms with Gasteiger partial charge in [-0.05, 0) is 30.9 Å². The van der Waals surface area contributed by atoms with Crippen molar-refractivity contribution in [1.29, 1.82) is 0 Å². The highest BCUT2D eigenvalue weighted by atomic mass is 16.5. The monoisotopic (exact) mass is 204 g/mol. The zero-order valence-corrected chi connectivity index (χ0v) is 8.94. The molecule has 1 aromatic rings. The quantitative estimate of drug-likeness (QED) is 0.762. The Kier molecular flexibility index (Phi) is 2.78. The highest BCUT2D eigenvalue weighted by Gasteiger charge is 2.23. The molecule has 80 valence electrons. The molecule has 1 aromatic carbocycles. The Morgan fingerprint density at radius 3 is 2.73 bits per heavy atom. The van der Waals surface area contributed by atoms with Crippen molar-refractivity contribution < 1.29 is 9.84 Å². The molecule has 15 heavy (non-hydrogen) atoms. The molecule has 2 nitrogen and oxygen atoms in total. The van der Waals surface area contributed by atoms with Crippen molar-refractivity contribution in [2.75, 3.05) is 6.61 Å². The lowest BCUT2D eigenvalue weighted by atomic mass is 9.96. The second-order valence-corrected chi connectivity index (χ2v) is 4.32. The van der Waals surface area contributed by atoms with Crippen LogP contribution in [0.3, 0.4) is 0 Å². The van der Waals surface area contributed by atoms with Crippen LogP contribution in [-0.2, 0) is 4.74 Å². The Bertz CT molecular complexity index is 352. The van der Waals surface area contributed by atoms with Gasteiger partial charge in [0.1, 0.15) is 6.61 Å². The van der Waals surface area contributed by atoms with Gasteiger partial charge in [-0.2, -0.15) is 0 Å². The highest BCUT2D eigenvalue weighted by Crippen LogP contribution is 2.27. The van der Waals surface area contributed by atoms with Crippen molar-refractivity contribution in [3.8, 4) is 0 Å². The average Bonchev–Trinajstić information content (AvgIpc) is 2.41. The van der Waals surface area contributed by atoms with Crippen LogP contribution < -0.4 is 0 Å². The van der Waals surface area contributed by atoms with Gasteiger partial charge >= 0.3 is 0 Å². The molecule has 0 aromatic heterocycles. The van der Waals surface area contributed by atoms with E-state index in [4.69, 9.17) is 4.74 Å². The molecule has 0 spiro atoms. The summed E-state index contributed by atoms with van der Waals surface area (Å²) in [5.41, 5.74) is 1.64. The lowest BCUT2D eigenvalue weighted by Gasteiger charge is -2.19. The van der Waals surface area contributed by atoms with E-state index < -0.39 is 5.60 Å². The fraction of sp³-hybridized carbons (Fsp3) is 0.385. The van der Waals surface area contributed by atoms with Crippen molar-refractivity contribution in [3.05, 3.63) is 42.2 Å². The molecule has 1 atom stereocenters. The minimum atomic E-state index is -0.701. The number of allylic oxidation sites excluding steroid dienone is 1. The summed E-state index contributed by atoms with van der Waals surface area (Å²) in [6.07, 6.45) is 3.38. The van der Waals surface area contributed by atoms with E-state index in [1.54, 1.807) is 6.26 Å². The first-order valence-electron chi connectivity index (χ1n) is 5.26. The number of ether oxygens (including phenoxy) is 1. The largest absolute Gasteiger partial charge is 0.498 e. The van der Waals surface area contributed by atoms with Gasteiger partial charge in [-0.25, -0.2) is 0 Å². The van der Waals surface area contributed by atoms with Crippen molar-refractivity contribution >= 4 is 5.57 Å². The van der Waals surface area contributed by atoms with Crippen LogP contribution in [-0.4, -0.2) is 17.3 Å². The zero-order chi connectivity index (χ0) is 10.7. The summed E-state index contributed by atoms with van der Waals surface area (Å²) in [7, 11) is 0. The van der Waals surface area contributed by atoms with Crippen LogP contribution in [0, 0.1) is 0 Å². The molecule has 1 aliphatic rings. The van der Waals surface area contributed by atoms with Crippen molar-refractivity contribution in [3.63, 3.8) is 0 Å². The Morgan fingerprint density at radius 2 is 2.00 bits per heavy atom. The summed E-state index contributed by atoms with van der Waals surface area (Å²) in [5.74, 6) is 0. The maximum atomic E-state index is 9.86. The van der Waals surface area contributed by atoms with E-state index in [-0.39, 0.29) is 0 Å². The Labute approximate surface area is 90.2 Å². The molecule has 2 heteroatoms. The zero-order valence-electron chi connectivity index (χ0n) is 8.94. The normalized spacial score (nSPS) is 26.4. The minimum absolute atomic E-state index is 0.378. The van der Waals surface area contributed by atoms with Crippen LogP contribution in [0.5, 0.6) is 0 Å². The maximum absolute atomic E-state index is 9.86. The van der Waals surface area contributed by atoms with Crippen LogP contribution in [0.2, 0.25) is 0 Å². The molecule has 0 aliphatic carbocycles. The summed E-state index contributed by atoms with van der Waals surface area (Å²) in [5, 5.41) is 9.86.